The van der Waals surface area contributed by atoms with E-state index in [0.717, 1.165) is 16.7 Å². The lowest BCUT2D eigenvalue weighted by Gasteiger charge is -1.92. The molecule has 0 saturated heterocycles. The molecular formula is C11H9N3O2. The molecule has 2 aromatic heterocycles. The summed E-state index contributed by atoms with van der Waals surface area (Å²) in [5, 5.41) is 7.74. The minimum absolute atomic E-state index is 0.500. The van der Waals surface area contributed by atoms with E-state index in [4.69, 9.17) is 8.83 Å². The normalized spacial score (nSPS) is 11.1. The van der Waals surface area contributed by atoms with E-state index in [-0.39, 0.29) is 0 Å². The second-order valence-corrected chi connectivity index (χ2v) is 3.54. The molecule has 2 heterocycles. The Balaban J connectivity index is 2.17. The first-order chi connectivity index (χ1) is 7.72. The lowest BCUT2D eigenvalue weighted by Crippen LogP contribution is -1.78. The first kappa shape index (κ1) is 9.08. The Morgan fingerprint density at radius 1 is 1.00 bits per heavy atom. The van der Waals surface area contributed by atoms with Crippen molar-refractivity contribution in [2.24, 2.45) is 0 Å². The highest BCUT2D eigenvalue weighted by Gasteiger charge is 2.09. The summed E-state index contributed by atoms with van der Waals surface area (Å²) < 4.78 is 10.7. The number of aromatic nitrogens is 3. The Morgan fingerprint density at radius 3 is 2.62 bits per heavy atom. The summed E-state index contributed by atoms with van der Waals surface area (Å²) in [7, 11) is 0. The molecule has 0 radical (unpaired) electrons. The molecule has 3 rings (SSSR count). The highest BCUT2D eigenvalue weighted by molar-refractivity contribution is 5.78. The van der Waals surface area contributed by atoms with Crippen LogP contribution in [0.5, 0.6) is 0 Å². The maximum Gasteiger partial charge on any atom is 0.247 e. The maximum absolute atomic E-state index is 5.39. The van der Waals surface area contributed by atoms with Crippen LogP contribution in [0.3, 0.4) is 0 Å². The van der Waals surface area contributed by atoms with Gasteiger partial charge in [-0.1, -0.05) is 0 Å². The highest BCUT2D eigenvalue weighted by Crippen LogP contribution is 2.23. The molecular weight excluding hydrogens is 206 g/mol. The molecule has 0 atom stereocenters. The molecule has 0 aliphatic rings. The van der Waals surface area contributed by atoms with Gasteiger partial charge >= 0.3 is 0 Å². The summed E-state index contributed by atoms with van der Waals surface area (Å²) in [5.74, 6) is 1.69. The first-order valence-corrected chi connectivity index (χ1v) is 4.90. The van der Waals surface area contributed by atoms with Crippen molar-refractivity contribution >= 4 is 11.1 Å². The Morgan fingerprint density at radius 2 is 1.88 bits per heavy atom. The van der Waals surface area contributed by atoms with Crippen LogP contribution >= 0.6 is 0 Å². The van der Waals surface area contributed by atoms with Crippen molar-refractivity contribution in [3.63, 3.8) is 0 Å². The number of oxazole rings is 1. The van der Waals surface area contributed by atoms with E-state index >= 15 is 0 Å². The van der Waals surface area contributed by atoms with E-state index in [0.29, 0.717) is 17.7 Å². The molecule has 0 fully saturated rings. The van der Waals surface area contributed by atoms with Crippen molar-refractivity contribution in [2.45, 2.75) is 13.8 Å². The van der Waals surface area contributed by atoms with E-state index in [2.05, 4.69) is 15.2 Å². The van der Waals surface area contributed by atoms with Crippen LogP contribution in [-0.2, 0) is 0 Å². The van der Waals surface area contributed by atoms with Crippen molar-refractivity contribution < 1.29 is 8.83 Å². The number of aryl methyl sites for hydroxylation is 2. The molecule has 0 spiro atoms. The maximum atomic E-state index is 5.39. The quantitative estimate of drug-likeness (QED) is 0.624. The van der Waals surface area contributed by atoms with Gasteiger partial charge in [-0.15, -0.1) is 10.2 Å². The zero-order valence-corrected chi connectivity index (χ0v) is 8.89. The summed E-state index contributed by atoms with van der Waals surface area (Å²) in [5.41, 5.74) is 2.41. The van der Waals surface area contributed by atoms with Crippen LogP contribution in [0.25, 0.3) is 22.6 Å². The van der Waals surface area contributed by atoms with Gasteiger partial charge in [-0.25, -0.2) is 4.98 Å². The van der Waals surface area contributed by atoms with E-state index in [9.17, 15) is 0 Å². The Labute approximate surface area is 91.1 Å². The minimum Gasteiger partial charge on any atom is -0.441 e. The molecule has 0 aliphatic carbocycles. The van der Waals surface area contributed by atoms with Crippen molar-refractivity contribution in [1.82, 2.24) is 15.2 Å². The topological polar surface area (TPSA) is 65.0 Å². The average molecular weight is 215 g/mol. The van der Waals surface area contributed by atoms with Crippen LogP contribution in [0.4, 0.5) is 0 Å². The smallest absolute Gasteiger partial charge is 0.247 e. The van der Waals surface area contributed by atoms with E-state index < -0.39 is 0 Å². The molecule has 0 saturated carbocycles. The highest BCUT2D eigenvalue weighted by atomic mass is 16.4. The average Bonchev–Trinajstić information content (AvgIpc) is 2.81. The fraction of sp³-hybridized carbons (Fsp3) is 0.182. The predicted molar refractivity (Wildman–Crippen MR) is 56.8 cm³/mol. The van der Waals surface area contributed by atoms with Gasteiger partial charge in [-0.05, 0) is 18.2 Å². The molecule has 5 heteroatoms. The van der Waals surface area contributed by atoms with Crippen LogP contribution in [0.1, 0.15) is 11.8 Å². The van der Waals surface area contributed by atoms with Gasteiger partial charge in [0.05, 0.1) is 0 Å². The first-order valence-electron chi connectivity index (χ1n) is 4.90. The van der Waals surface area contributed by atoms with Crippen molar-refractivity contribution in [3.8, 4) is 11.5 Å². The number of hydrogen-bond acceptors (Lipinski definition) is 5. The summed E-state index contributed by atoms with van der Waals surface area (Å²) >= 11 is 0. The zero-order chi connectivity index (χ0) is 11.1. The van der Waals surface area contributed by atoms with Gasteiger partial charge in [-0.2, -0.15) is 0 Å². The Hall–Kier alpha value is -2.17. The van der Waals surface area contributed by atoms with Crippen LogP contribution < -0.4 is 0 Å². The molecule has 0 N–H and O–H groups in total. The van der Waals surface area contributed by atoms with Crippen LogP contribution in [0.2, 0.25) is 0 Å². The third-order valence-corrected chi connectivity index (χ3v) is 2.27. The molecule has 3 aromatic rings. The Bertz CT molecular complexity index is 654. The van der Waals surface area contributed by atoms with Gasteiger partial charge in [0.2, 0.25) is 11.8 Å². The van der Waals surface area contributed by atoms with Gasteiger partial charge in [0, 0.05) is 19.4 Å². The van der Waals surface area contributed by atoms with E-state index in [1.807, 2.05) is 25.1 Å². The zero-order valence-electron chi connectivity index (χ0n) is 8.89. The predicted octanol–water partition coefficient (Wildman–Crippen LogP) is 2.49. The number of hydrogen-bond donors (Lipinski definition) is 0. The fourth-order valence-electron chi connectivity index (χ4n) is 1.59. The van der Waals surface area contributed by atoms with Gasteiger partial charge in [-0.3, -0.25) is 0 Å². The second-order valence-electron chi connectivity index (χ2n) is 3.54. The summed E-state index contributed by atoms with van der Waals surface area (Å²) in [6.45, 7) is 3.58. The number of nitrogens with zero attached hydrogens (tertiary/aromatic N) is 3. The minimum atomic E-state index is 0.500. The third kappa shape index (κ3) is 1.37. The number of fused-ring (bicyclic) bond motifs is 1. The summed E-state index contributed by atoms with van der Waals surface area (Å²) in [4.78, 5) is 4.25. The van der Waals surface area contributed by atoms with Crippen molar-refractivity contribution in [2.75, 3.05) is 0 Å². The third-order valence-electron chi connectivity index (χ3n) is 2.27. The standard InChI is InChI=1S/C11H9N3O2/c1-6-12-9-5-8(3-4-10(9)15-6)11-14-13-7(2)16-11/h3-5H,1-2H3. The van der Waals surface area contributed by atoms with Crippen LogP contribution in [-0.4, -0.2) is 15.2 Å². The monoisotopic (exact) mass is 215 g/mol. The molecule has 0 aliphatic heterocycles. The lowest BCUT2D eigenvalue weighted by molar-refractivity contribution is 0.533. The van der Waals surface area contributed by atoms with Gasteiger partial charge in [0.15, 0.2) is 11.5 Å². The van der Waals surface area contributed by atoms with Crippen LogP contribution in [0, 0.1) is 13.8 Å². The molecule has 0 amide bonds. The van der Waals surface area contributed by atoms with Crippen molar-refractivity contribution in [1.29, 1.82) is 0 Å². The molecule has 1 aromatic carbocycles. The van der Waals surface area contributed by atoms with Crippen molar-refractivity contribution in [3.05, 3.63) is 30.0 Å². The summed E-state index contributed by atoms with van der Waals surface area (Å²) in [6, 6.07) is 5.60. The van der Waals surface area contributed by atoms with E-state index in [1.165, 1.54) is 0 Å². The molecule has 0 unspecified atom stereocenters. The lowest BCUT2D eigenvalue weighted by atomic mass is 10.2. The largest absolute Gasteiger partial charge is 0.441 e. The fourth-order valence-corrected chi connectivity index (χ4v) is 1.59. The molecule has 0 bridgehead atoms. The Kier molecular flexibility index (Phi) is 1.80. The number of rotatable bonds is 1. The van der Waals surface area contributed by atoms with Crippen LogP contribution in [0.15, 0.2) is 27.0 Å². The SMILES string of the molecule is Cc1nnc(-c2ccc3oc(C)nc3c2)o1. The van der Waals surface area contributed by atoms with Gasteiger partial charge in [0.1, 0.15) is 5.52 Å². The van der Waals surface area contributed by atoms with E-state index in [1.54, 1.807) is 6.92 Å². The second kappa shape index (κ2) is 3.16. The molecule has 16 heavy (non-hydrogen) atoms. The van der Waals surface area contributed by atoms with Gasteiger partial charge in [0.25, 0.3) is 0 Å². The molecule has 5 nitrogen and oxygen atoms in total. The number of benzene rings is 1. The molecule has 80 valence electrons. The summed E-state index contributed by atoms with van der Waals surface area (Å²) in [6.07, 6.45) is 0. The van der Waals surface area contributed by atoms with Gasteiger partial charge < -0.3 is 8.83 Å².